The van der Waals surface area contributed by atoms with E-state index in [9.17, 15) is 4.79 Å². The zero-order valence-corrected chi connectivity index (χ0v) is 7.51. The van der Waals surface area contributed by atoms with Gasteiger partial charge in [-0.25, -0.2) is 22.4 Å². The zero-order chi connectivity index (χ0) is 6.57. The Kier molecular flexibility index (Phi) is 5.14. The van der Waals surface area contributed by atoms with Crippen molar-refractivity contribution in [1.29, 1.82) is 0 Å². The molecule has 0 spiro atoms. The molecule has 0 saturated carbocycles. The molecule has 0 fully saturated rings. The summed E-state index contributed by atoms with van der Waals surface area (Å²) in [6.07, 6.45) is 0.529. The van der Waals surface area contributed by atoms with Crippen molar-refractivity contribution in [1.82, 2.24) is 0 Å². The maximum absolute atomic E-state index is 10.5. The second kappa shape index (κ2) is 4.67. The van der Waals surface area contributed by atoms with Crippen molar-refractivity contribution in [3.63, 3.8) is 0 Å². The maximum Gasteiger partial charge on any atom is 0.168 e. The van der Waals surface area contributed by atoms with Gasteiger partial charge in [-0.05, 0) is 0 Å². The van der Waals surface area contributed by atoms with Crippen LogP contribution in [0.2, 0.25) is 0 Å². The van der Waals surface area contributed by atoms with Crippen LogP contribution in [-0.2, 0) is 34.2 Å². The van der Waals surface area contributed by atoms with Crippen LogP contribution in [0.15, 0.2) is 0 Å². The molecule has 0 N–H and O–H groups in total. The predicted octanol–water partition coefficient (Wildman–Crippen LogP) is 1.11. The fourth-order valence-corrected chi connectivity index (χ4v) is 2.58. The molecule has 0 rings (SSSR count). The first-order chi connectivity index (χ1) is 3.66. The molecular formula is C3H5OS4-. The maximum atomic E-state index is 10.5. The molecule has 0 aliphatic rings. The lowest BCUT2D eigenvalue weighted by Gasteiger charge is -1.97. The number of carbonyl (C=O) groups excluding carboxylic acids is 1. The predicted molar refractivity (Wildman–Crippen MR) is 45.0 cm³/mol. The van der Waals surface area contributed by atoms with Crippen LogP contribution in [0.3, 0.4) is 0 Å². The average molecular weight is 185 g/mol. The van der Waals surface area contributed by atoms with Crippen LogP contribution in [-0.4, -0.2) is 5.12 Å². The highest BCUT2D eigenvalue weighted by Crippen LogP contribution is 2.04. The molecule has 0 radical (unpaired) electrons. The number of carbonyl (C=O) groups is 1. The van der Waals surface area contributed by atoms with E-state index in [4.69, 9.17) is 0 Å². The monoisotopic (exact) mass is 185 g/mol. The Labute approximate surface area is 63.5 Å². The summed E-state index contributed by atoms with van der Waals surface area (Å²) in [6, 6.07) is 0. The van der Waals surface area contributed by atoms with Crippen LogP contribution in [0.4, 0.5) is 0 Å². The normalized spacial score (nSPS) is 9.75. The molecule has 5 heteroatoms. The van der Waals surface area contributed by atoms with Gasteiger partial charge in [-0.3, -0.25) is 11.8 Å². The Hall–Kier alpha value is 0.810. The summed E-state index contributed by atoms with van der Waals surface area (Å²) in [6.45, 7) is 1.80. The summed E-state index contributed by atoms with van der Waals surface area (Å²) in [5, 5.41) is 0.0957. The van der Waals surface area contributed by atoms with Gasteiger partial charge in [-0.2, -0.15) is 10.8 Å². The first kappa shape index (κ1) is 8.81. The minimum Gasteiger partial charge on any atom is -0.289 e. The Bertz CT molecular complexity index is 139. The van der Waals surface area contributed by atoms with Gasteiger partial charge >= 0.3 is 0 Å². The van der Waals surface area contributed by atoms with Gasteiger partial charge < -0.3 is 0 Å². The standard InChI is InChI=1S/C3H5OS4/c1-2-3(4)7-8(5)6/h2H2,1H3/q-1. The average Bonchev–Trinajstić information content (AvgIpc) is 1.65. The minimum absolute atomic E-state index is 0.0957. The minimum atomic E-state index is -0.612. The Morgan fingerprint density at radius 3 is 2.38 bits per heavy atom. The van der Waals surface area contributed by atoms with Crippen molar-refractivity contribution in [2.75, 3.05) is 0 Å². The lowest BCUT2D eigenvalue weighted by Crippen LogP contribution is -1.84. The van der Waals surface area contributed by atoms with Gasteiger partial charge in [0.1, 0.15) is 0 Å². The van der Waals surface area contributed by atoms with Crippen molar-refractivity contribution in [3.8, 4) is 0 Å². The lowest BCUT2D eigenvalue weighted by molar-refractivity contribution is -0.110. The van der Waals surface area contributed by atoms with Crippen molar-refractivity contribution in [2.45, 2.75) is 13.3 Å². The van der Waals surface area contributed by atoms with E-state index in [0.29, 0.717) is 6.42 Å². The van der Waals surface area contributed by atoms with E-state index in [0.717, 1.165) is 10.8 Å². The first-order valence-electron chi connectivity index (χ1n) is 1.97. The van der Waals surface area contributed by atoms with Crippen molar-refractivity contribution in [2.24, 2.45) is 0 Å². The highest BCUT2D eigenvalue weighted by Gasteiger charge is 1.86. The van der Waals surface area contributed by atoms with Gasteiger partial charge in [-0.15, -0.1) is 0 Å². The van der Waals surface area contributed by atoms with Gasteiger partial charge in [0.05, 0.1) is 0 Å². The molecule has 0 aromatic heterocycles. The molecule has 0 bridgehead atoms. The van der Waals surface area contributed by atoms with Crippen LogP contribution in [0, 0.1) is 0 Å². The fourth-order valence-electron chi connectivity index (χ4n) is 0.135. The Morgan fingerprint density at radius 1 is 1.75 bits per heavy atom. The molecule has 0 aliphatic heterocycles. The smallest absolute Gasteiger partial charge is 0.168 e. The van der Waals surface area contributed by atoms with E-state index in [1.165, 1.54) is 0 Å². The van der Waals surface area contributed by atoms with Gasteiger partial charge in [0, 0.05) is 6.42 Å². The quantitative estimate of drug-likeness (QED) is 0.473. The second-order valence-electron chi connectivity index (χ2n) is 1.01. The molecule has 0 aromatic carbocycles. The van der Waals surface area contributed by atoms with Gasteiger partial charge in [0.15, 0.2) is 5.12 Å². The molecular weight excluding hydrogens is 180 g/mol. The molecule has 0 aromatic rings. The number of hydrogen-bond acceptors (Lipinski definition) is 5. The Morgan fingerprint density at radius 2 is 2.25 bits per heavy atom. The van der Waals surface area contributed by atoms with Crippen LogP contribution >= 0.6 is 10.8 Å². The molecule has 0 atom stereocenters. The lowest BCUT2D eigenvalue weighted by atomic mass is 10.6. The molecule has 8 heavy (non-hydrogen) atoms. The third-order valence-electron chi connectivity index (χ3n) is 0.450. The van der Waals surface area contributed by atoms with Gasteiger partial charge in [0.25, 0.3) is 0 Å². The number of hydrogen-bond donors (Lipinski definition) is 0. The third kappa shape index (κ3) is 4.96. The highest BCUT2D eigenvalue weighted by molar-refractivity contribution is 8.94. The van der Waals surface area contributed by atoms with E-state index in [-0.39, 0.29) is 5.12 Å². The van der Waals surface area contributed by atoms with Crippen LogP contribution in [0.25, 0.3) is 0 Å². The van der Waals surface area contributed by atoms with E-state index < -0.39 is 7.05 Å². The zero-order valence-electron chi connectivity index (χ0n) is 4.25. The molecule has 0 unspecified atom stereocenters. The summed E-state index contributed by atoms with van der Waals surface area (Å²) in [7, 11) is 0.461. The summed E-state index contributed by atoms with van der Waals surface area (Å²) in [5.74, 6) is 0. The van der Waals surface area contributed by atoms with Gasteiger partial charge in [0.2, 0.25) is 0 Å². The van der Waals surface area contributed by atoms with Crippen LogP contribution in [0.5, 0.6) is 0 Å². The second-order valence-corrected chi connectivity index (χ2v) is 7.44. The van der Waals surface area contributed by atoms with Crippen molar-refractivity contribution < 1.29 is 4.79 Å². The first-order valence-corrected chi connectivity index (χ1v) is 6.38. The highest BCUT2D eigenvalue weighted by atomic mass is 33.5. The summed E-state index contributed by atoms with van der Waals surface area (Å²) in [5.41, 5.74) is 0. The van der Waals surface area contributed by atoms with Crippen molar-refractivity contribution in [3.05, 3.63) is 0 Å². The van der Waals surface area contributed by atoms with E-state index >= 15 is 0 Å². The van der Waals surface area contributed by atoms with E-state index in [2.05, 4.69) is 22.4 Å². The fraction of sp³-hybridized carbons (Fsp3) is 0.667. The molecule has 1 nitrogen and oxygen atoms in total. The molecule has 48 valence electrons. The molecule has 0 saturated heterocycles. The largest absolute Gasteiger partial charge is 0.289 e. The van der Waals surface area contributed by atoms with Crippen molar-refractivity contribution >= 4 is 45.3 Å². The van der Waals surface area contributed by atoms with Crippen LogP contribution < -0.4 is 0 Å². The summed E-state index contributed by atoms with van der Waals surface area (Å²) in [4.78, 5) is 10.5. The van der Waals surface area contributed by atoms with E-state index in [1.807, 2.05) is 0 Å². The number of rotatable bonds is 2. The SMILES string of the molecule is CCC(=O)S[S-](=S)=S. The molecule has 0 aliphatic carbocycles. The molecule has 0 amide bonds. The topological polar surface area (TPSA) is 17.1 Å². The van der Waals surface area contributed by atoms with E-state index in [1.54, 1.807) is 6.92 Å². The Balaban J connectivity index is 3.56. The molecule has 0 heterocycles. The summed E-state index contributed by atoms with van der Waals surface area (Å²) >= 11 is 9.21. The third-order valence-corrected chi connectivity index (χ3v) is 3.25. The van der Waals surface area contributed by atoms with Crippen LogP contribution in [0.1, 0.15) is 13.3 Å². The summed E-state index contributed by atoms with van der Waals surface area (Å²) < 4.78 is 0. The van der Waals surface area contributed by atoms with Gasteiger partial charge in [-0.1, -0.05) is 6.92 Å².